The van der Waals surface area contributed by atoms with Crippen molar-refractivity contribution in [2.24, 2.45) is 0 Å². The molecular formula is C25H29N3O3. The molecule has 0 radical (unpaired) electrons. The fourth-order valence-corrected chi connectivity index (χ4v) is 3.63. The van der Waals surface area contributed by atoms with Gasteiger partial charge in [0.1, 0.15) is 18.1 Å². The van der Waals surface area contributed by atoms with E-state index >= 15 is 0 Å². The van der Waals surface area contributed by atoms with Gasteiger partial charge in [0.2, 0.25) is 0 Å². The maximum atomic E-state index is 11.8. The van der Waals surface area contributed by atoms with Gasteiger partial charge in [-0.15, -0.1) is 0 Å². The van der Waals surface area contributed by atoms with E-state index in [1.165, 1.54) is 16.7 Å². The summed E-state index contributed by atoms with van der Waals surface area (Å²) >= 11 is 0. The van der Waals surface area contributed by atoms with Crippen molar-refractivity contribution in [2.45, 2.75) is 32.8 Å². The van der Waals surface area contributed by atoms with Gasteiger partial charge in [0, 0.05) is 37.7 Å². The average molecular weight is 420 g/mol. The first-order valence-corrected chi connectivity index (χ1v) is 10.7. The largest absolute Gasteiger partial charge is 0.491 e. The first-order valence-electron chi connectivity index (χ1n) is 10.7. The average Bonchev–Trinajstić information content (AvgIpc) is 3.10. The van der Waals surface area contributed by atoms with Gasteiger partial charge >= 0.3 is 0 Å². The molecule has 0 atom stereocenters. The highest BCUT2D eigenvalue weighted by atomic mass is 16.5. The Hall–Kier alpha value is -2.96. The molecule has 6 heteroatoms. The van der Waals surface area contributed by atoms with Crippen LogP contribution in [-0.4, -0.2) is 48.4 Å². The van der Waals surface area contributed by atoms with E-state index in [9.17, 15) is 4.79 Å². The zero-order valence-electron chi connectivity index (χ0n) is 18.1. The SMILES string of the molecule is CC(=O)c1n[nH]c(C)c1Cc1ccc(Cc2ccc(OCCOC3CNC3)cc2)cc1. The van der Waals surface area contributed by atoms with Gasteiger partial charge in [-0.25, -0.2) is 0 Å². The van der Waals surface area contributed by atoms with Gasteiger partial charge in [-0.1, -0.05) is 36.4 Å². The van der Waals surface area contributed by atoms with Gasteiger partial charge in [0.25, 0.3) is 0 Å². The molecule has 0 aliphatic carbocycles. The number of aromatic nitrogens is 2. The third-order valence-corrected chi connectivity index (χ3v) is 5.59. The van der Waals surface area contributed by atoms with Crippen molar-refractivity contribution < 1.29 is 14.3 Å². The summed E-state index contributed by atoms with van der Waals surface area (Å²) in [6, 6.07) is 16.8. The Balaban J connectivity index is 1.28. The summed E-state index contributed by atoms with van der Waals surface area (Å²) in [6.45, 7) is 6.58. The van der Waals surface area contributed by atoms with Gasteiger partial charge in [-0.05, 0) is 42.2 Å². The van der Waals surface area contributed by atoms with E-state index in [1.807, 2.05) is 19.1 Å². The van der Waals surface area contributed by atoms with E-state index in [0.29, 0.717) is 31.4 Å². The molecule has 0 spiro atoms. The molecule has 1 aliphatic heterocycles. The number of ether oxygens (including phenoxy) is 2. The van der Waals surface area contributed by atoms with Gasteiger partial charge in [-0.2, -0.15) is 5.10 Å². The number of rotatable bonds is 10. The van der Waals surface area contributed by atoms with E-state index < -0.39 is 0 Å². The fraction of sp³-hybridized carbons (Fsp3) is 0.360. The van der Waals surface area contributed by atoms with E-state index in [-0.39, 0.29) is 5.78 Å². The first kappa shape index (κ1) is 21.3. The normalized spacial score (nSPS) is 13.7. The highest BCUT2D eigenvalue weighted by Gasteiger charge is 2.16. The number of H-pyrrole nitrogens is 1. The lowest BCUT2D eigenvalue weighted by molar-refractivity contribution is 0.00454. The minimum Gasteiger partial charge on any atom is -0.491 e. The molecule has 2 aromatic carbocycles. The summed E-state index contributed by atoms with van der Waals surface area (Å²) in [7, 11) is 0. The van der Waals surface area contributed by atoms with Crippen molar-refractivity contribution in [1.82, 2.24) is 15.5 Å². The first-order chi connectivity index (χ1) is 15.1. The molecule has 1 fully saturated rings. The van der Waals surface area contributed by atoms with Gasteiger partial charge in [-0.3, -0.25) is 9.89 Å². The minimum absolute atomic E-state index is 0.00779. The van der Waals surface area contributed by atoms with E-state index in [4.69, 9.17) is 9.47 Å². The monoisotopic (exact) mass is 419 g/mol. The molecule has 3 aromatic rings. The molecule has 0 saturated carbocycles. The van der Waals surface area contributed by atoms with Crippen LogP contribution >= 0.6 is 0 Å². The van der Waals surface area contributed by atoms with Crippen LogP contribution in [0.15, 0.2) is 48.5 Å². The summed E-state index contributed by atoms with van der Waals surface area (Å²) in [5.74, 6) is 0.859. The van der Waals surface area contributed by atoms with Crippen LogP contribution in [0.3, 0.4) is 0 Å². The predicted molar refractivity (Wildman–Crippen MR) is 120 cm³/mol. The van der Waals surface area contributed by atoms with Crippen LogP contribution in [0.4, 0.5) is 0 Å². The Kier molecular flexibility index (Phi) is 6.79. The van der Waals surface area contributed by atoms with Crippen LogP contribution in [0.1, 0.15) is 45.4 Å². The van der Waals surface area contributed by atoms with Crippen molar-refractivity contribution in [3.05, 3.63) is 82.2 Å². The lowest BCUT2D eigenvalue weighted by Gasteiger charge is -2.26. The Morgan fingerprint density at radius 3 is 2.16 bits per heavy atom. The number of hydrogen-bond donors (Lipinski definition) is 2. The predicted octanol–water partition coefficient (Wildman–Crippen LogP) is 3.47. The maximum absolute atomic E-state index is 11.8. The molecule has 6 nitrogen and oxygen atoms in total. The number of hydrogen-bond acceptors (Lipinski definition) is 5. The van der Waals surface area contributed by atoms with Crippen LogP contribution in [0.2, 0.25) is 0 Å². The Morgan fingerprint density at radius 1 is 0.968 bits per heavy atom. The highest BCUT2D eigenvalue weighted by Crippen LogP contribution is 2.19. The van der Waals surface area contributed by atoms with Crippen molar-refractivity contribution in [1.29, 1.82) is 0 Å². The van der Waals surface area contributed by atoms with E-state index in [0.717, 1.165) is 36.5 Å². The van der Waals surface area contributed by atoms with Crippen molar-refractivity contribution in [3.63, 3.8) is 0 Å². The third kappa shape index (κ3) is 5.60. The Bertz CT molecular complexity index is 1010. The van der Waals surface area contributed by atoms with Gasteiger partial charge in [0.15, 0.2) is 5.78 Å². The van der Waals surface area contributed by atoms with Crippen LogP contribution in [0.5, 0.6) is 5.75 Å². The molecule has 0 amide bonds. The molecule has 162 valence electrons. The molecule has 0 unspecified atom stereocenters. The smallest absolute Gasteiger partial charge is 0.180 e. The molecular weight excluding hydrogens is 390 g/mol. The summed E-state index contributed by atoms with van der Waals surface area (Å²) in [5, 5.41) is 10.2. The molecule has 2 N–H and O–H groups in total. The second kappa shape index (κ2) is 9.90. The number of carbonyl (C=O) groups is 1. The number of carbonyl (C=O) groups excluding carboxylic acids is 1. The number of aromatic amines is 1. The van der Waals surface area contributed by atoms with Crippen LogP contribution < -0.4 is 10.1 Å². The second-order valence-electron chi connectivity index (χ2n) is 8.05. The number of benzene rings is 2. The Morgan fingerprint density at radius 2 is 1.58 bits per heavy atom. The number of nitrogens with one attached hydrogen (secondary N) is 2. The number of nitrogens with zero attached hydrogens (tertiary/aromatic N) is 1. The summed E-state index contributed by atoms with van der Waals surface area (Å²) < 4.78 is 11.4. The van der Waals surface area contributed by atoms with Crippen LogP contribution in [-0.2, 0) is 17.6 Å². The molecule has 0 bridgehead atoms. The molecule has 1 saturated heterocycles. The zero-order chi connectivity index (χ0) is 21.6. The number of aryl methyl sites for hydroxylation is 1. The van der Waals surface area contributed by atoms with Crippen molar-refractivity contribution in [3.8, 4) is 5.75 Å². The minimum atomic E-state index is -0.00779. The van der Waals surface area contributed by atoms with Crippen LogP contribution in [0.25, 0.3) is 0 Å². The summed E-state index contributed by atoms with van der Waals surface area (Å²) in [4.78, 5) is 11.8. The van der Waals surface area contributed by atoms with Gasteiger partial charge in [0.05, 0.1) is 12.7 Å². The lowest BCUT2D eigenvalue weighted by Crippen LogP contribution is -2.48. The standard InChI is InChI=1S/C25H29N3O3/c1-17-24(25(18(2)29)28-27-17)14-21-5-3-19(4-6-21)13-20-7-9-22(10-8-20)30-11-12-31-23-15-26-16-23/h3-10,23,26H,11-16H2,1-2H3,(H,27,28). The van der Waals surface area contributed by atoms with E-state index in [2.05, 4.69) is 51.9 Å². The zero-order valence-corrected chi connectivity index (χ0v) is 18.1. The molecule has 1 aromatic heterocycles. The number of ketones is 1. The van der Waals surface area contributed by atoms with Crippen molar-refractivity contribution in [2.75, 3.05) is 26.3 Å². The second-order valence-corrected chi connectivity index (χ2v) is 8.05. The third-order valence-electron chi connectivity index (χ3n) is 5.59. The molecule has 1 aliphatic rings. The topological polar surface area (TPSA) is 76.2 Å². The molecule has 4 rings (SSSR count). The number of Topliss-reactive ketones (excluding diaryl/α,β-unsaturated/α-hetero) is 1. The van der Waals surface area contributed by atoms with Gasteiger partial charge < -0.3 is 14.8 Å². The summed E-state index contributed by atoms with van der Waals surface area (Å²) in [6.07, 6.45) is 1.91. The highest BCUT2D eigenvalue weighted by molar-refractivity contribution is 5.93. The molecule has 31 heavy (non-hydrogen) atoms. The van der Waals surface area contributed by atoms with Crippen LogP contribution in [0, 0.1) is 6.92 Å². The summed E-state index contributed by atoms with van der Waals surface area (Å²) in [5.41, 5.74) is 6.11. The fourth-order valence-electron chi connectivity index (χ4n) is 3.63. The van der Waals surface area contributed by atoms with E-state index in [1.54, 1.807) is 6.92 Å². The van der Waals surface area contributed by atoms with Crippen molar-refractivity contribution >= 4 is 5.78 Å². The maximum Gasteiger partial charge on any atom is 0.180 e. The molecule has 2 heterocycles. The lowest BCUT2D eigenvalue weighted by atomic mass is 9.98. The Labute approximate surface area is 183 Å². The quantitative estimate of drug-likeness (QED) is 0.389.